The molecule has 1 aromatic carbocycles. The minimum absolute atomic E-state index is 0.270. The molecule has 0 atom stereocenters. The molecule has 0 heterocycles. The molecule has 0 radical (unpaired) electrons. The monoisotopic (exact) mass is 284 g/mol. The lowest BCUT2D eigenvalue weighted by Gasteiger charge is -2.11. The fourth-order valence-corrected chi connectivity index (χ4v) is 3.05. The molecule has 1 amide bonds. The Balaban J connectivity index is 2.13. The van der Waals surface area contributed by atoms with Crippen molar-refractivity contribution in [2.75, 3.05) is 11.8 Å². The number of benzene rings is 1. The zero-order chi connectivity index (χ0) is 14.0. The van der Waals surface area contributed by atoms with Crippen molar-refractivity contribution in [1.29, 1.82) is 0 Å². The summed E-state index contributed by atoms with van der Waals surface area (Å²) in [4.78, 5) is 11.1. The fourth-order valence-electron chi connectivity index (χ4n) is 1.59. The standard InChI is InChI=1S/C12H16N2O4S/c1-8-7-9(18-12(15)13-2)3-6-11(8)14-19(16,17)10-4-5-10/h3,6-7,10,14H,4-5H2,1-2H3,(H,13,15). The summed E-state index contributed by atoms with van der Waals surface area (Å²) in [6, 6.07) is 4.75. The van der Waals surface area contributed by atoms with Crippen LogP contribution >= 0.6 is 0 Å². The Morgan fingerprint density at radius 2 is 2.05 bits per heavy atom. The van der Waals surface area contributed by atoms with Gasteiger partial charge in [-0.25, -0.2) is 13.2 Å². The van der Waals surface area contributed by atoms with Gasteiger partial charge in [0.05, 0.1) is 10.9 Å². The molecule has 1 aliphatic rings. The lowest BCUT2D eigenvalue weighted by atomic mass is 10.2. The molecule has 19 heavy (non-hydrogen) atoms. The quantitative estimate of drug-likeness (QED) is 0.880. The maximum Gasteiger partial charge on any atom is 0.412 e. The molecular formula is C12H16N2O4S. The van der Waals surface area contributed by atoms with E-state index in [1.165, 1.54) is 7.05 Å². The van der Waals surface area contributed by atoms with E-state index in [2.05, 4.69) is 10.0 Å². The molecule has 6 nitrogen and oxygen atoms in total. The minimum atomic E-state index is -3.27. The first-order chi connectivity index (χ1) is 8.92. The highest BCUT2D eigenvalue weighted by Crippen LogP contribution is 2.31. The van der Waals surface area contributed by atoms with Gasteiger partial charge in [-0.05, 0) is 43.5 Å². The van der Waals surface area contributed by atoms with Crippen molar-refractivity contribution in [3.05, 3.63) is 23.8 Å². The first kappa shape index (κ1) is 13.7. The average Bonchev–Trinajstić information content (AvgIpc) is 3.16. The maximum absolute atomic E-state index is 11.8. The molecule has 0 spiro atoms. The Hall–Kier alpha value is -1.76. The molecule has 2 N–H and O–H groups in total. The van der Waals surface area contributed by atoms with E-state index in [0.717, 1.165) is 0 Å². The van der Waals surface area contributed by atoms with Crippen LogP contribution in [0.4, 0.5) is 10.5 Å². The van der Waals surface area contributed by atoms with E-state index >= 15 is 0 Å². The lowest BCUT2D eigenvalue weighted by Crippen LogP contribution is -2.22. The third kappa shape index (κ3) is 3.37. The molecule has 0 aliphatic heterocycles. The first-order valence-electron chi connectivity index (χ1n) is 5.94. The third-order valence-electron chi connectivity index (χ3n) is 2.83. The number of carbonyl (C=O) groups is 1. The number of hydrogen-bond donors (Lipinski definition) is 2. The van der Waals surface area contributed by atoms with E-state index in [0.29, 0.717) is 29.8 Å². The largest absolute Gasteiger partial charge is 0.412 e. The van der Waals surface area contributed by atoms with E-state index < -0.39 is 16.1 Å². The van der Waals surface area contributed by atoms with Gasteiger partial charge in [-0.15, -0.1) is 0 Å². The van der Waals surface area contributed by atoms with Gasteiger partial charge in [0.15, 0.2) is 0 Å². The van der Waals surface area contributed by atoms with Crippen LogP contribution in [0.25, 0.3) is 0 Å². The van der Waals surface area contributed by atoms with Crippen molar-refractivity contribution in [3.63, 3.8) is 0 Å². The number of aryl methyl sites for hydroxylation is 1. The van der Waals surface area contributed by atoms with Gasteiger partial charge in [0, 0.05) is 7.05 Å². The summed E-state index contributed by atoms with van der Waals surface area (Å²) in [5.74, 6) is 0.367. The summed E-state index contributed by atoms with van der Waals surface area (Å²) in [6.07, 6.45) is 0.865. The SMILES string of the molecule is CNC(=O)Oc1ccc(NS(=O)(=O)C2CC2)c(C)c1. The van der Waals surface area contributed by atoms with Gasteiger partial charge >= 0.3 is 6.09 Å². The Labute approximate surface area is 112 Å². The molecule has 0 saturated heterocycles. The summed E-state index contributed by atoms with van der Waals surface area (Å²) in [5.41, 5.74) is 1.21. The molecule has 1 aliphatic carbocycles. The van der Waals surface area contributed by atoms with Gasteiger partial charge in [0.2, 0.25) is 10.0 Å². The normalized spacial score (nSPS) is 14.8. The van der Waals surface area contributed by atoms with Gasteiger partial charge < -0.3 is 10.1 Å². The third-order valence-corrected chi connectivity index (χ3v) is 4.68. The van der Waals surface area contributed by atoms with E-state index in [1.54, 1.807) is 25.1 Å². The van der Waals surface area contributed by atoms with Crippen LogP contribution in [0.3, 0.4) is 0 Å². The van der Waals surface area contributed by atoms with Crippen LogP contribution < -0.4 is 14.8 Å². The van der Waals surface area contributed by atoms with Crippen molar-refractivity contribution < 1.29 is 17.9 Å². The van der Waals surface area contributed by atoms with Gasteiger partial charge in [0.1, 0.15) is 5.75 Å². The molecule has 0 bridgehead atoms. The molecule has 1 saturated carbocycles. The Bertz CT molecular complexity index is 594. The summed E-state index contributed by atoms with van der Waals surface area (Å²) in [6.45, 7) is 1.75. The summed E-state index contributed by atoms with van der Waals surface area (Å²) in [5, 5.41) is 2.07. The molecule has 104 valence electrons. The number of carbonyl (C=O) groups excluding carboxylic acids is 1. The van der Waals surface area contributed by atoms with Crippen molar-refractivity contribution in [1.82, 2.24) is 5.32 Å². The van der Waals surface area contributed by atoms with E-state index in [1.807, 2.05) is 0 Å². The van der Waals surface area contributed by atoms with Crippen molar-refractivity contribution in [2.45, 2.75) is 25.0 Å². The number of anilines is 1. The highest BCUT2D eigenvalue weighted by atomic mass is 32.2. The predicted molar refractivity (Wildman–Crippen MR) is 71.8 cm³/mol. The highest BCUT2D eigenvalue weighted by Gasteiger charge is 2.35. The number of nitrogens with one attached hydrogen (secondary N) is 2. The van der Waals surface area contributed by atoms with Gasteiger partial charge in [0.25, 0.3) is 0 Å². The summed E-state index contributed by atoms with van der Waals surface area (Å²) >= 11 is 0. The van der Waals surface area contributed by atoms with Gasteiger partial charge in [-0.2, -0.15) is 0 Å². The molecule has 0 aromatic heterocycles. The molecule has 0 unspecified atom stereocenters. The number of amides is 1. The zero-order valence-electron chi connectivity index (χ0n) is 10.8. The molecular weight excluding hydrogens is 268 g/mol. The lowest BCUT2D eigenvalue weighted by molar-refractivity contribution is 0.203. The van der Waals surface area contributed by atoms with Crippen LogP contribution in [-0.4, -0.2) is 26.8 Å². The maximum atomic E-state index is 11.8. The second-order valence-corrected chi connectivity index (χ2v) is 6.42. The van der Waals surface area contributed by atoms with Crippen LogP contribution in [0, 0.1) is 6.92 Å². The van der Waals surface area contributed by atoms with Gasteiger partial charge in [-0.1, -0.05) is 0 Å². The first-order valence-corrected chi connectivity index (χ1v) is 7.49. The minimum Gasteiger partial charge on any atom is -0.410 e. The molecule has 7 heteroatoms. The number of hydrogen-bond acceptors (Lipinski definition) is 4. The fraction of sp³-hybridized carbons (Fsp3) is 0.417. The Morgan fingerprint density at radius 1 is 1.37 bits per heavy atom. The second kappa shape index (κ2) is 5.08. The molecule has 1 aromatic rings. The van der Waals surface area contributed by atoms with E-state index in [9.17, 15) is 13.2 Å². The van der Waals surface area contributed by atoms with E-state index in [-0.39, 0.29) is 5.25 Å². The van der Waals surface area contributed by atoms with Crippen LogP contribution in [0.5, 0.6) is 5.75 Å². The van der Waals surface area contributed by atoms with Crippen molar-refractivity contribution in [2.24, 2.45) is 0 Å². The van der Waals surface area contributed by atoms with Crippen LogP contribution in [0.15, 0.2) is 18.2 Å². The van der Waals surface area contributed by atoms with Crippen LogP contribution in [0.2, 0.25) is 0 Å². The number of ether oxygens (including phenoxy) is 1. The summed E-state index contributed by atoms with van der Waals surface area (Å²) < 4.78 is 31.2. The second-order valence-electron chi connectivity index (χ2n) is 4.46. The van der Waals surface area contributed by atoms with Crippen LogP contribution in [0.1, 0.15) is 18.4 Å². The smallest absolute Gasteiger partial charge is 0.410 e. The molecule has 1 fully saturated rings. The van der Waals surface area contributed by atoms with E-state index in [4.69, 9.17) is 4.74 Å². The molecule has 2 rings (SSSR count). The Kier molecular flexibility index (Phi) is 3.66. The van der Waals surface area contributed by atoms with Crippen LogP contribution in [-0.2, 0) is 10.0 Å². The van der Waals surface area contributed by atoms with Crippen molar-refractivity contribution in [3.8, 4) is 5.75 Å². The highest BCUT2D eigenvalue weighted by molar-refractivity contribution is 7.93. The zero-order valence-corrected chi connectivity index (χ0v) is 11.6. The topological polar surface area (TPSA) is 84.5 Å². The summed E-state index contributed by atoms with van der Waals surface area (Å²) in [7, 11) is -1.81. The predicted octanol–water partition coefficient (Wildman–Crippen LogP) is 1.62. The number of sulfonamides is 1. The average molecular weight is 284 g/mol. The Morgan fingerprint density at radius 3 is 2.58 bits per heavy atom. The van der Waals surface area contributed by atoms with Gasteiger partial charge in [-0.3, -0.25) is 4.72 Å². The number of rotatable bonds is 4. The van der Waals surface area contributed by atoms with Crippen molar-refractivity contribution >= 4 is 21.8 Å².